The van der Waals surface area contributed by atoms with Crippen molar-refractivity contribution in [1.29, 1.82) is 5.26 Å². The van der Waals surface area contributed by atoms with Gasteiger partial charge in [0.25, 0.3) is 0 Å². The van der Waals surface area contributed by atoms with Gasteiger partial charge in [0.2, 0.25) is 5.69 Å². The molecule has 1 saturated heterocycles. The molecule has 1 atom stereocenters. The number of aromatic nitrogens is 4. The average molecular weight is 512 g/mol. The summed E-state index contributed by atoms with van der Waals surface area (Å²) >= 11 is 1.49. The highest BCUT2D eigenvalue weighted by molar-refractivity contribution is 7.99. The molecule has 9 heteroatoms. The van der Waals surface area contributed by atoms with Gasteiger partial charge in [-0.1, -0.05) is 36.0 Å². The molecule has 0 N–H and O–H groups in total. The predicted molar refractivity (Wildman–Crippen MR) is 144 cm³/mol. The van der Waals surface area contributed by atoms with Gasteiger partial charge in [0, 0.05) is 59.6 Å². The Kier molecular flexibility index (Phi) is 7.29. The number of ether oxygens (including phenoxy) is 1. The van der Waals surface area contributed by atoms with Crippen LogP contribution in [0.1, 0.15) is 37.1 Å². The van der Waals surface area contributed by atoms with Crippen molar-refractivity contribution in [2.45, 2.75) is 48.6 Å². The van der Waals surface area contributed by atoms with E-state index in [2.05, 4.69) is 45.5 Å². The number of likely N-dealkylation sites (tertiary alicyclic amines) is 1. The third-order valence-corrected chi connectivity index (χ3v) is 8.18. The molecule has 37 heavy (non-hydrogen) atoms. The lowest BCUT2D eigenvalue weighted by Gasteiger charge is -2.33. The number of methoxy groups -OCH3 is 1. The maximum absolute atomic E-state index is 9.69. The van der Waals surface area contributed by atoms with Crippen LogP contribution in [0.15, 0.2) is 58.7 Å². The Morgan fingerprint density at radius 2 is 2.00 bits per heavy atom. The normalized spacial score (nSPS) is 15.5. The SMILES string of the molecule is [C-]#[N+]c1ccccc1Sc1cc(-c2cnn(C3CCN(C[C@@H](C)OC)CC3)c2C)cn2ncc(C#N)c12. The van der Waals surface area contributed by atoms with Crippen molar-refractivity contribution in [2.24, 2.45) is 0 Å². The highest BCUT2D eigenvalue weighted by atomic mass is 32.2. The van der Waals surface area contributed by atoms with Gasteiger partial charge in [-0.15, -0.1) is 0 Å². The molecule has 0 bridgehead atoms. The summed E-state index contributed by atoms with van der Waals surface area (Å²) in [7, 11) is 1.77. The van der Waals surface area contributed by atoms with Crippen molar-refractivity contribution >= 4 is 23.0 Å². The van der Waals surface area contributed by atoms with Crippen LogP contribution in [0, 0.1) is 24.8 Å². The van der Waals surface area contributed by atoms with Gasteiger partial charge in [-0.2, -0.15) is 15.5 Å². The van der Waals surface area contributed by atoms with Gasteiger partial charge in [0.1, 0.15) is 6.07 Å². The summed E-state index contributed by atoms with van der Waals surface area (Å²) < 4.78 is 9.37. The first-order valence-electron chi connectivity index (χ1n) is 12.4. The molecule has 1 aromatic carbocycles. The van der Waals surface area contributed by atoms with Crippen molar-refractivity contribution in [2.75, 3.05) is 26.7 Å². The fourth-order valence-electron chi connectivity index (χ4n) is 5.01. The number of fused-ring (bicyclic) bond motifs is 1. The second kappa shape index (κ2) is 10.8. The summed E-state index contributed by atoms with van der Waals surface area (Å²) in [6, 6.07) is 12.2. The van der Waals surface area contributed by atoms with E-state index in [9.17, 15) is 5.26 Å². The number of rotatable bonds is 7. The fourth-order valence-corrected chi connectivity index (χ4v) is 6.09. The predicted octanol–water partition coefficient (Wildman–Crippen LogP) is 5.75. The number of hydrogen-bond donors (Lipinski definition) is 0. The van der Waals surface area contributed by atoms with Gasteiger partial charge < -0.3 is 9.64 Å². The van der Waals surface area contributed by atoms with Crippen molar-refractivity contribution in [3.05, 3.63) is 71.6 Å². The lowest BCUT2D eigenvalue weighted by Crippen LogP contribution is -2.39. The summed E-state index contributed by atoms with van der Waals surface area (Å²) in [6.07, 6.45) is 7.84. The van der Waals surface area contributed by atoms with Crippen LogP contribution in [0.5, 0.6) is 0 Å². The zero-order valence-electron chi connectivity index (χ0n) is 21.3. The Balaban J connectivity index is 1.47. The van der Waals surface area contributed by atoms with Crippen molar-refractivity contribution in [1.82, 2.24) is 24.3 Å². The molecule has 0 unspecified atom stereocenters. The largest absolute Gasteiger partial charge is 0.380 e. The van der Waals surface area contributed by atoms with Crippen molar-refractivity contribution in [3.63, 3.8) is 0 Å². The zero-order chi connectivity index (χ0) is 25.9. The van der Waals surface area contributed by atoms with E-state index in [4.69, 9.17) is 16.4 Å². The van der Waals surface area contributed by atoms with Gasteiger partial charge >= 0.3 is 0 Å². The summed E-state index contributed by atoms with van der Waals surface area (Å²) in [4.78, 5) is 7.87. The molecule has 1 fully saturated rings. The number of piperidine rings is 1. The molecule has 1 aliphatic rings. The van der Waals surface area contributed by atoms with E-state index in [0.29, 0.717) is 17.3 Å². The highest BCUT2D eigenvalue weighted by Gasteiger charge is 2.25. The van der Waals surface area contributed by atoms with Gasteiger partial charge in [0.05, 0.1) is 42.2 Å². The molecule has 4 aromatic rings. The van der Waals surface area contributed by atoms with Crippen LogP contribution in [0.4, 0.5) is 5.69 Å². The summed E-state index contributed by atoms with van der Waals surface area (Å²) in [5.74, 6) is 0. The van der Waals surface area contributed by atoms with Crippen LogP contribution in [-0.2, 0) is 4.74 Å². The molecule has 3 aromatic heterocycles. The Morgan fingerprint density at radius 3 is 2.73 bits per heavy atom. The van der Waals surface area contributed by atoms with Crippen LogP contribution in [0.2, 0.25) is 0 Å². The van der Waals surface area contributed by atoms with Crippen molar-refractivity contribution < 1.29 is 4.74 Å². The molecule has 188 valence electrons. The molecule has 0 amide bonds. The van der Waals surface area contributed by atoms with Crippen LogP contribution >= 0.6 is 11.8 Å². The molecular weight excluding hydrogens is 482 g/mol. The molecule has 5 rings (SSSR count). The van der Waals surface area contributed by atoms with Crippen LogP contribution in [-0.4, -0.2) is 57.1 Å². The third kappa shape index (κ3) is 4.99. The monoisotopic (exact) mass is 511 g/mol. The zero-order valence-corrected chi connectivity index (χ0v) is 22.1. The number of nitrogens with zero attached hydrogens (tertiary/aromatic N) is 7. The Hall–Kier alpha value is -3.63. The van der Waals surface area contributed by atoms with Gasteiger partial charge in [-0.25, -0.2) is 9.36 Å². The Bertz CT molecular complexity index is 1500. The van der Waals surface area contributed by atoms with E-state index >= 15 is 0 Å². The van der Waals surface area contributed by atoms with E-state index in [1.54, 1.807) is 17.8 Å². The molecule has 0 radical (unpaired) electrons. The smallest absolute Gasteiger partial charge is 0.200 e. The standard InChI is InChI=1S/C28H29N7OS/c1-19(36-4)17-33-11-9-23(10-12-33)35-20(2)24(16-32-35)21-13-27(28-22(14-29)15-31-34(28)18-21)37-26-8-6-5-7-25(26)30-3/h5-8,13,15-16,18-19,23H,9-12,17H2,1-2,4H3/t19-/m1/s1. The molecule has 1 aliphatic heterocycles. The lowest BCUT2D eigenvalue weighted by molar-refractivity contribution is 0.0624. The second-order valence-electron chi connectivity index (χ2n) is 9.40. The first-order valence-corrected chi connectivity index (χ1v) is 13.2. The van der Waals surface area contributed by atoms with Gasteiger partial charge in [-0.05, 0) is 32.8 Å². The number of nitriles is 1. The Labute approximate surface area is 221 Å². The minimum absolute atomic E-state index is 0.238. The topological polar surface area (TPSA) is 75.7 Å². The highest BCUT2D eigenvalue weighted by Crippen LogP contribution is 2.40. The van der Waals surface area contributed by atoms with Crippen LogP contribution < -0.4 is 0 Å². The van der Waals surface area contributed by atoms with E-state index in [1.807, 2.05) is 36.7 Å². The van der Waals surface area contributed by atoms with Crippen LogP contribution in [0.25, 0.3) is 21.5 Å². The molecular formula is C28H29N7OS. The third-order valence-electron chi connectivity index (χ3n) is 7.08. The number of benzene rings is 1. The maximum Gasteiger partial charge on any atom is 0.200 e. The number of para-hydroxylation sites is 1. The van der Waals surface area contributed by atoms with Gasteiger partial charge in [-0.3, -0.25) is 4.68 Å². The first-order chi connectivity index (χ1) is 18.0. The summed E-state index contributed by atoms with van der Waals surface area (Å²) in [5, 5.41) is 19.0. The van der Waals surface area contributed by atoms with E-state index < -0.39 is 0 Å². The lowest BCUT2D eigenvalue weighted by atomic mass is 10.0. The number of hydrogen-bond acceptors (Lipinski definition) is 6. The van der Waals surface area contributed by atoms with E-state index in [-0.39, 0.29) is 6.10 Å². The first kappa shape index (κ1) is 25.0. The summed E-state index contributed by atoms with van der Waals surface area (Å²) in [5.41, 5.74) is 5.00. The minimum Gasteiger partial charge on any atom is -0.380 e. The van der Waals surface area contributed by atoms with E-state index in [0.717, 1.165) is 64.6 Å². The van der Waals surface area contributed by atoms with E-state index in [1.165, 1.54) is 11.8 Å². The molecule has 0 saturated carbocycles. The summed E-state index contributed by atoms with van der Waals surface area (Å²) in [6.45, 7) is 14.8. The molecule has 8 nitrogen and oxygen atoms in total. The average Bonchev–Trinajstić information content (AvgIpc) is 3.52. The number of pyridine rings is 1. The molecule has 4 heterocycles. The van der Waals surface area contributed by atoms with Crippen molar-refractivity contribution in [3.8, 4) is 17.2 Å². The fraction of sp³-hybridized carbons (Fsp3) is 0.357. The second-order valence-corrected chi connectivity index (χ2v) is 10.5. The quantitative estimate of drug-likeness (QED) is 0.294. The molecule has 0 aliphatic carbocycles. The Morgan fingerprint density at radius 1 is 1.22 bits per heavy atom. The molecule has 0 spiro atoms. The van der Waals surface area contributed by atoms with Gasteiger partial charge in [0.15, 0.2) is 0 Å². The maximum atomic E-state index is 9.69. The minimum atomic E-state index is 0.238. The van der Waals surface area contributed by atoms with Crippen LogP contribution in [0.3, 0.4) is 0 Å².